The molecule has 0 saturated heterocycles. The van der Waals surface area contributed by atoms with Crippen molar-refractivity contribution in [3.05, 3.63) is 39.9 Å². The summed E-state index contributed by atoms with van der Waals surface area (Å²) in [5, 5.41) is 12.8. The maximum atomic E-state index is 14.6. The molecule has 0 spiro atoms. The zero-order valence-corrected chi connectivity index (χ0v) is 14.6. The summed E-state index contributed by atoms with van der Waals surface area (Å²) in [4.78, 5) is 24.1. The molecule has 2 N–H and O–H groups in total. The van der Waals surface area contributed by atoms with Crippen molar-refractivity contribution in [2.75, 3.05) is 5.32 Å². The van der Waals surface area contributed by atoms with E-state index in [0.29, 0.717) is 11.2 Å². The number of benzene rings is 1. The minimum atomic E-state index is -1.27. The monoisotopic (exact) mass is 358 g/mol. The third-order valence-corrected chi connectivity index (χ3v) is 5.78. The fourth-order valence-corrected chi connectivity index (χ4v) is 4.41. The Balaban J connectivity index is 1.89. The molecule has 0 atom stereocenters. The number of aromatic nitrogens is 1. The summed E-state index contributed by atoms with van der Waals surface area (Å²) in [5.74, 6) is -1.76. The van der Waals surface area contributed by atoms with Crippen LogP contribution in [0.1, 0.15) is 67.8 Å². The molecule has 138 valence electrons. The second-order valence-electron chi connectivity index (χ2n) is 7.50. The van der Waals surface area contributed by atoms with Crippen molar-refractivity contribution >= 4 is 22.6 Å². The average molecular weight is 358 g/mol. The zero-order chi connectivity index (χ0) is 18.3. The summed E-state index contributed by atoms with van der Waals surface area (Å²) in [7, 11) is 0. The van der Waals surface area contributed by atoms with Gasteiger partial charge in [-0.2, -0.15) is 0 Å². The van der Waals surface area contributed by atoms with Crippen molar-refractivity contribution in [2.45, 2.75) is 63.5 Å². The predicted octanol–water partition coefficient (Wildman–Crippen LogP) is 4.31. The first-order chi connectivity index (χ1) is 12.5. The van der Waals surface area contributed by atoms with Gasteiger partial charge in [-0.05, 0) is 37.8 Å². The highest BCUT2D eigenvalue weighted by Crippen LogP contribution is 2.34. The summed E-state index contributed by atoms with van der Waals surface area (Å²) in [6, 6.07) is 3.30. The van der Waals surface area contributed by atoms with Crippen LogP contribution in [0.4, 0.5) is 10.1 Å². The van der Waals surface area contributed by atoms with Gasteiger partial charge in [0.25, 0.3) is 0 Å². The Kier molecular flexibility index (Phi) is 4.42. The summed E-state index contributed by atoms with van der Waals surface area (Å²) >= 11 is 0. The Morgan fingerprint density at radius 2 is 1.77 bits per heavy atom. The SMILES string of the molecule is O=C(O)c1cn(C2CCCC2)c2cc(NC3CCCC3)c(F)cc2c1=O. The molecule has 1 aromatic carbocycles. The molecular weight excluding hydrogens is 335 g/mol. The van der Waals surface area contributed by atoms with Crippen LogP contribution in [0.15, 0.2) is 23.1 Å². The van der Waals surface area contributed by atoms with E-state index in [4.69, 9.17) is 0 Å². The van der Waals surface area contributed by atoms with Gasteiger partial charge in [0.15, 0.2) is 0 Å². The van der Waals surface area contributed by atoms with E-state index in [0.717, 1.165) is 51.4 Å². The zero-order valence-electron chi connectivity index (χ0n) is 14.6. The van der Waals surface area contributed by atoms with Gasteiger partial charge in [-0.25, -0.2) is 9.18 Å². The summed E-state index contributed by atoms with van der Waals surface area (Å²) < 4.78 is 16.5. The van der Waals surface area contributed by atoms with Crippen LogP contribution in [0.25, 0.3) is 10.9 Å². The first kappa shape index (κ1) is 17.1. The van der Waals surface area contributed by atoms with Crippen LogP contribution < -0.4 is 10.7 Å². The molecule has 0 aliphatic heterocycles. The molecular formula is C20H23FN2O3. The van der Waals surface area contributed by atoms with Gasteiger partial charge in [0.1, 0.15) is 11.4 Å². The van der Waals surface area contributed by atoms with Gasteiger partial charge in [-0.1, -0.05) is 25.7 Å². The number of aromatic carboxylic acids is 1. The second-order valence-corrected chi connectivity index (χ2v) is 7.50. The first-order valence-electron chi connectivity index (χ1n) is 9.43. The number of pyridine rings is 1. The Morgan fingerprint density at radius 1 is 1.12 bits per heavy atom. The highest BCUT2D eigenvalue weighted by atomic mass is 19.1. The van der Waals surface area contributed by atoms with Crippen molar-refractivity contribution in [1.29, 1.82) is 0 Å². The summed E-state index contributed by atoms with van der Waals surface area (Å²) in [5.41, 5.74) is 0.112. The van der Waals surface area contributed by atoms with Crippen molar-refractivity contribution in [3.63, 3.8) is 0 Å². The molecule has 0 amide bonds. The smallest absolute Gasteiger partial charge is 0.341 e. The van der Waals surface area contributed by atoms with Crippen LogP contribution in [-0.2, 0) is 0 Å². The topological polar surface area (TPSA) is 71.3 Å². The van der Waals surface area contributed by atoms with E-state index >= 15 is 0 Å². The van der Waals surface area contributed by atoms with Gasteiger partial charge in [0.05, 0.1) is 11.2 Å². The number of carboxylic acid groups (broad SMARTS) is 1. The number of hydrogen-bond donors (Lipinski definition) is 2. The van der Waals surface area contributed by atoms with Crippen LogP contribution >= 0.6 is 0 Å². The maximum absolute atomic E-state index is 14.6. The Bertz CT molecular complexity index is 909. The fraction of sp³-hybridized carbons (Fsp3) is 0.500. The molecule has 0 radical (unpaired) electrons. The largest absolute Gasteiger partial charge is 0.477 e. The predicted molar refractivity (Wildman–Crippen MR) is 98.5 cm³/mol. The number of carbonyl (C=O) groups is 1. The summed E-state index contributed by atoms with van der Waals surface area (Å²) in [6.07, 6.45) is 9.81. The summed E-state index contributed by atoms with van der Waals surface area (Å²) in [6.45, 7) is 0. The highest BCUT2D eigenvalue weighted by molar-refractivity contribution is 5.93. The third-order valence-electron chi connectivity index (χ3n) is 5.78. The molecule has 1 heterocycles. The lowest BCUT2D eigenvalue weighted by Gasteiger charge is -2.21. The van der Waals surface area contributed by atoms with Gasteiger partial charge < -0.3 is 15.0 Å². The molecule has 2 aliphatic carbocycles. The average Bonchev–Trinajstić information content (AvgIpc) is 3.30. The minimum absolute atomic E-state index is 0.145. The van der Waals surface area contributed by atoms with E-state index in [1.165, 1.54) is 12.3 Å². The molecule has 4 rings (SSSR count). The van der Waals surface area contributed by atoms with Gasteiger partial charge >= 0.3 is 5.97 Å². The lowest BCUT2D eigenvalue weighted by atomic mass is 10.1. The molecule has 1 aromatic heterocycles. The van der Waals surface area contributed by atoms with Crippen LogP contribution in [0.5, 0.6) is 0 Å². The van der Waals surface area contributed by atoms with Crippen LogP contribution in [0.3, 0.4) is 0 Å². The number of fused-ring (bicyclic) bond motifs is 1. The van der Waals surface area contributed by atoms with Crippen LogP contribution in [0, 0.1) is 5.82 Å². The number of nitrogens with zero attached hydrogens (tertiary/aromatic N) is 1. The Morgan fingerprint density at radius 3 is 2.42 bits per heavy atom. The lowest BCUT2D eigenvalue weighted by molar-refractivity contribution is 0.0694. The first-order valence-corrected chi connectivity index (χ1v) is 9.43. The van der Waals surface area contributed by atoms with E-state index in [2.05, 4.69) is 5.32 Å². The van der Waals surface area contributed by atoms with E-state index in [9.17, 15) is 19.1 Å². The molecule has 2 aliphatic rings. The van der Waals surface area contributed by atoms with Crippen molar-refractivity contribution < 1.29 is 14.3 Å². The van der Waals surface area contributed by atoms with Gasteiger partial charge in [-0.3, -0.25) is 4.79 Å². The van der Waals surface area contributed by atoms with E-state index in [-0.39, 0.29) is 23.0 Å². The second kappa shape index (κ2) is 6.74. The van der Waals surface area contributed by atoms with E-state index in [1.807, 2.05) is 4.57 Å². The number of anilines is 1. The molecule has 2 saturated carbocycles. The molecule has 26 heavy (non-hydrogen) atoms. The Hall–Kier alpha value is -2.37. The highest BCUT2D eigenvalue weighted by Gasteiger charge is 2.24. The van der Waals surface area contributed by atoms with Gasteiger partial charge in [0, 0.05) is 23.7 Å². The fourth-order valence-electron chi connectivity index (χ4n) is 4.41. The number of nitrogens with one attached hydrogen (secondary N) is 1. The van der Waals surface area contributed by atoms with Crippen LogP contribution in [-0.4, -0.2) is 21.7 Å². The molecule has 2 fully saturated rings. The normalized spacial score (nSPS) is 18.7. The lowest BCUT2D eigenvalue weighted by Crippen LogP contribution is -2.21. The van der Waals surface area contributed by atoms with Gasteiger partial charge in [0.2, 0.25) is 5.43 Å². The molecule has 0 unspecified atom stereocenters. The minimum Gasteiger partial charge on any atom is -0.477 e. The van der Waals surface area contributed by atoms with Crippen LogP contribution in [0.2, 0.25) is 0 Å². The van der Waals surface area contributed by atoms with E-state index in [1.54, 1.807) is 6.07 Å². The third kappa shape index (κ3) is 2.97. The molecule has 0 bridgehead atoms. The van der Waals surface area contributed by atoms with E-state index < -0.39 is 17.2 Å². The molecule has 5 nitrogen and oxygen atoms in total. The maximum Gasteiger partial charge on any atom is 0.341 e. The number of hydrogen-bond acceptors (Lipinski definition) is 3. The molecule has 6 heteroatoms. The van der Waals surface area contributed by atoms with Gasteiger partial charge in [-0.15, -0.1) is 0 Å². The van der Waals surface area contributed by atoms with Crippen molar-refractivity contribution in [2.24, 2.45) is 0 Å². The number of halogens is 1. The van der Waals surface area contributed by atoms with Crippen molar-refractivity contribution in [1.82, 2.24) is 4.57 Å². The Labute approximate surface area is 150 Å². The number of rotatable bonds is 4. The number of carboxylic acids is 1. The van der Waals surface area contributed by atoms with Crippen molar-refractivity contribution in [3.8, 4) is 0 Å². The quantitative estimate of drug-likeness (QED) is 0.854. The standard InChI is InChI=1S/C20H23FN2O3/c21-16-9-14-18(10-17(16)22-12-5-1-2-6-12)23(13-7-3-4-8-13)11-15(19(14)24)20(25)26/h9-13,22H,1-8H2,(H,25,26). The molecule has 2 aromatic rings.